The molecule has 0 aromatic heterocycles. The van der Waals surface area contributed by atoms with E-state index in [2.05, 4.69) is 10.2 Å². The van der Waals surface area contributed by atoms with Crippen LogP contribution in [0.2, 0.25) is 0 Å². The predicted molar refractivity (Wildman–Crippen MR) is 100 cm³/mol. The third-order valence-corrected chi connectivity index (χ3v) is 5.21. The first-order valence-electron chi connectivity index (χ1n) is 9.65. The quantitative estimate of drug-likeness (QED) is 0.716. The van der Waals surface area contributed by atoms with Gasteiger partial charge in [0.05, 0.1) is 12.8 Å². The number of hydrogen-bond acceptors (Lipinski definition) is 4. The zero-order valence-electron chi connectivity index (χ0n) is 15.6. The molecule has 0 atom stereocenters. The Bertz CT molecular complexity index is 713. The lowest BCUT2D eigenvalue weighted by Crippen LogP contribution is -2.38. The van der Waals surface area contributed by atoms with Gasteiger partial charge in [0, 0.05) is 31.7 Å². The minimum atomic E-state index is -0.942. The van der Waals surface area contributed by atoms with Crippen molar-refractivity contribution >= 4 is 17.8 Å². The van der Waals surface area contributed by atoms with Crippen molar-refractivity contribution in [2.45, 2.75) is 38.6 Å². The molecule has 2 amide bonds. The molecule has 3 rings (SSSR count). The van der Waals surface area contributed by atoms with Crippen LogP contribution in [0.3, 0.4) is 0 Å². The van der Waals surface area contributed by atoms with Crippen molar-refractivity contribution in [3.63, 3.8) is 0 Å². The Hall–Kier alpha value is -2.41. The fraction of sp³-hybridized carbons (Fsp3) is 0.550. The molecule has 1 fully saturated rings. The predicted octanol–water partition coefficient (Wildman–Crippen LogP) is 1.26. The minimum absolute atomic E-state index is 0.0372. The highest BCUT2D eigenvalue weighted by Crippen LogP contribution is 2.24. The van der Waals surface area contributed by atoms with Crippen LogP contribution in [-0.2, 0) is 22.6 Å². The number of carboxylic acids is 1. The third kappa shape index (κ3) is 5.29. The maximum absolute atomic E-state index is 12.7. The van der Waals surface area contributed by atoms with Gasteiger partial charge in [-0.1, -0.05) is 18.6 Å². The van der Waals surface area contributed by atoms with Crippen molar-refractivity contribution in [1.82, 2.24) is 15.1 Å². The first-order valence-corrected chi connectivity index (χ1v) is 9.65. The van der Waals surface area contributed by atoms with E-state index in [0.29, 0.717) is 12.1 Å². The Balaban J connectivity index is 1.52. The van der Waals surface area contributed by atoms with Gasteiger partial charge in [0.1, 0.15) is 0 Å². The number of rotatable bonds is 8. The van der Waals surface area contributed by atoms with E-state index < -0.39 is 5.97 Å². The van der Waals surface area contributed by atoms with Gasteiger partial charge in [0.2, 0.25) is 5.91 Å². The zero-order chi connectivity index (χ0) is 19.2. The summed E-state index contributed by atoms with van der Waals surface area (Å²) in [4.78, 5) is 39.4. The highest BCUT2D eigenvalue weighted by atomic mass is 16.4. The van der Waals surface area contributed by atoms with E-state index in [1.807, 2.05) is 17.0 Å². The monoisotopic (exact) mass is 373 g/mol. The van der Waals surface area contributed by atoms with Crippen LogP contribution < -0.4 is 5.32 Å². The van der Waals surface area contributed by atoms with Crippen LogP contribution in [0.15, 0.2) is 18.2 Å². The molecule has 2 N–H and O–H groups in total. The lowest BCUT2D eigenvalue weighted by atomic mass is 10.0. The largest absolute Gasteiger partial charge is 0.481 e. The molecule has 0 radical (unpaired) electrons. The molecule has 0 spiro atoms. The molecule has 1 aromatic rings. The maximum Gasteiger partial charge on any atom is 0.305 e. The summed E-state index contributed by atoms with van der Waals surface area (Å²) in [5, 5.41) is 11.2. The van der Waals surface area contributed by atoms with Crippen LogP contribution in [0.5, 0.6) is 0 Å². The van der Waals surface area contributed by atoms with Gasteiger partial charge in [-0.05, 0) is 43.1 Å². The number of amides is 2. The number of nitrogens with one attached hydrogen (secondary N) is 1. The van der Waals surface area contributed by atoms with E-state index >= 15 is 0 Å². The molecule has 7 heteroatoms. The van der Waals surface area contributed by atoms with Crippen LogP contribution in [0.4, 0.5) is 0 Å². The lowest BCUT2D eigenvalue weighted by molar-refractivity contribution is -0.136. The standard InChI is InChI=1S/C20H27N3O4/c24-18(21-7-6-19(25)26)13-15-4-5-16-14-23(20(27)17(16)12-15)11-10-22-8-2-1-3-9-22/h4-5,12H,1-3,6-11,13-14H2,(H,21,24)(H,25,26). The molecule has 0 bridgehead atoms. The number of carbonyl (C=O) groups is 3. The molecular weight excluding hydrogens is 346 g/mol. The summed E-state index contributed by atoms with van der Waals surface area (Å²) in [6, 6.07) is 5.60. The highest BCUT2D eigenvalue weighted by Gasteiger charge is 2.28. The second kappa shape index (κ2) is 8.99. The van der Waals surface area contributed by atoms with Crippen molar-refractivity contribution in [2.75, 3.05) is 32.7 Å². The molecule has 1 aromatic carbocycles. The van der Waals surface area contributed by atoms with Gasteiger partial charge in [-0.15, -0.1) is 0 Å². The molecule has 1 saturated heterocycles. The van der Waals surface area contributed by atoms with Crippen molar-refractivity contribution in [1.29, 1.82) is 0 Å². The number of piperidine rings is 1. The average molecular weight is 373 g/mol. The number of likely N-dealkylation sites (tertiary alicyclic amines) is 1. The topological polar surface area (TPSA) is 89.9 Å². The van der Waals surface area contributed by atoms with E-state index in [4.69, 9.17) is 5.11 Å². The van der Waals surface area contributed by atoms with Gasteiger partial charge in [-0.3, -0.25) is 14.4 Å². The molecule has 0 saturated carbocycles. The van der Waals surface area contributed by atoms with Gasteiger partial charge >= 0.3 is 5.97 Å². The Morgan fingerprint density at radius 3 is 2.63 bits per heavy atom. The van der Waals surface area contributed by atoms with Gasteiger partial charge in [0.25, 0.3) is 5.91 Å². The Labute approximate surface area is 159 Å². The van der Waals surface area contributed by atoms with E-state index in [0.717, 1.165) is 37.3 Å². The van der Waals surface area contributed by atoms with Crippen LogP contribution >= 0.6 is 0 Å². The second-order valence-corrected chi connectivity index (χ2v) is 7.29. The summed E-state index contributed by atoms with van der Waals surface area (Å²) in [6.07, 6.45) is 3.84. The minimum Gasteiger partial charge on any atom is -0.481 e. The van der Waals surface area contributed by atoms with E-state index in [9.17, 15) is 14.4 Å². The molecule has 2 aliphatic rings. The SMILES string of the molecule is O=C(O)CCNC(=O)Cc1ccc2c(c1)C(=O)N(CCN1CCCCC1)C2. The van der Waals surface area contributed by atoms with Gasteiger partial charge in [0.15, 0.2) is 0 Å². The molecule has 7 nitrogen and oxygen atoms in total. The molecule has 27 heavy (non-hydrogen) atoms. The highest BCUT2D eigenvalue weighted by molar-refractivity contribution is 5.98. The van der Waals surface area contributed by atoms with Gasteiger partial charge < -0.3 is 20.2 Å². The van der Waals surface area contributed by atoms with Crippen molar-refractivity contribution in [2.24, 2.45) is 0 Å². The number of benzene rings is 1. The number of carbonyl (C=O) groups excluding carboxylic acids is 2. The summed E-state index contributed by atoms with van der Waals surface area (Å²) < 4.78 is 0. The molecule has 0 unspecified atom stereocenters. The summed E-state index contributed by atoms with van der Waals surface area (Å²) in [7, 11) is 0. The molecule has 2 heterocycles. The van der Waals surface area contributed by atoms with Crippen LogP contribution in [0, 0.1) is 0 Å². The van der Waals surface area contributed by atoms with E-state index in [-0.39, 0.29) is 31.2 Å². The maximum atomic E-state index is 12.7. The Kier molecular flexibility index (Phi) is 6.45. The summed E-state index contributed by atoms with van der Waals surface area (Å²) in [5.74, 6) is -1.14. The number of fused-ring (bicyclic) bond motifs is 1. The molecule has 0 aliphatic carbocycles. The second-order valence-electron chi connectivity index (χ2n) is 7.29. The van der Waals surface area contributed by atoms with Crippen molar-refractivity contribution < 1.29 is 19.5 Å². The van der Waals surface area contributed by atoms with Crippen LogP contribution in [-0.4, -0.2) is 65.4 Å². The van der Waals surface area contributed by atoms with Crippen LogP contribution in [0.1, 0.15) is 47.2 Å². The number of aliphatic carboxylic acids is 1. The normalized spacial score (nSPS) is 17.0. The molecular formula is C20H27N3O4. The summed E-state index contributed by atoms with van der Waals surface area (Å²) >= 11 is 0. The van der Waals surface area contributed by atoms with Gasteiger partial charge in [-0.25, -0.2) is 0 Å². The smallest absolute Gasteiger partial charge is 0.305 e. The molecule has 146 valence electrons. The van der Waals surface area contributed by atoms with Crippen molar-refractivity contribution in [3.05, 3.63) is 34.9 Å². The lowest BCUT2D eigenvalue weighted by Gasteiger charge is -2.28. The first kappa shape index (κ1) is 19.4. The summed E-state index contributed by atoms with van der Waals surface area (Å²) in [5.41, 5.74) is 2.46. The van der Waals surface area contributed by atoms with Crippen LogP contribution in [0.25, 0.3) is 0 Å². The van der Waals surface area contributed by atoms with E-state index in [1.54, 1.807) is 6.07 Å². The van der Waals surface area contributed by atoms with Gasteiger partial charge in [-0.2, -0.15) is 0 Å². The van der Waals surface area contributed by atoms with Crippen molar-refractivity contribution in [3.8, 4) is 0 Å². The fourth-order valence-corrected chi connectivity index (χ4v) is 3.70. The number of hydrogen-bond donors (Lipinski definition) is 2. The number of nitrogens with zero attached hydrogens (tertiary/aromatic N) is 2. The zero-order valence-corrected chi connectivity index (χ0v) is 15.6. The third-order valence-electron chi connectivity index (χ3n) is 5.21. The fourth-order valence-electron chi connectivity index (χ4n) is 3.70. The van der Waals surface area contributed by atoms with E-state index in [1.165, 1.54) is 19.3 Å². The first-order chi connectivity index (χ1) is 13.0. The summed E-state index contributed by atoms with van der Waals surface area (Å²) in [6.45, 7) is 4.64. The number of carboxylic acid groups (broad SMARTS) is 1. The average Bonchev–Trinajstić information content (AvgIpc) is 2.96. The molecule has 2 aliphatic heterocycles. The Morgan fingerprint density at radius 2 is 1.89 bits per heavy atom. The Morgan fingerprint density at radius 1 is 1.11 bits per heavy atom.